The van der Waals surface area contributed by atoms with Crippen molar-refractivity contribution < 1.29 is 14.3 Å². The van der Waals surface area contributed by atoms with Crippen molar-refractivity contribution in [3.63, 3.8) is 0 Å². The number of Topliss-reactive ketones (excluding diaryl/α,β-unsaturated/α-hetero) is 1. The van der Waals surface area contributed by atoms with Crippen LogP contribution in [0.25, 0.3) is 0 Å². The molecule has 0 aliphatic rings. The summed E-state index contributed by atoms with van der Waals surface area (Å²) in [4.78, 5) is 23.1. The maximum Gasteiger partial charge on any atom is 0.255 e. The zero-order valence-corrected chi connectivity index (χ0v) is 12.0. The van der Waals surface area contributed by atoms with Gasteiger partial charge < -0.3 is 10.1 Å². The molecule has 0 aliphatic heterocycles. The number of ketones is 1. The van der Waals surface area contributed by atoms with Crippen LogP contribution in [-0.4, -0.2) is 17.8 Å². The monoisotopic (exact) mass is 283 g/mol. The Hall–Kier alpha value is -2.62. The van der Waals surface area contributed by atoms with Crippen LogP contribution in [-0.2, 0) is 4.79 Å². The molecule has 1 atom stereocenters. The first kappa shape index (κ1) is 14.8. The van der Waals surface area contributed by atoms with Gasteiger partial charge in [0.25, 0.3) is 5.91 Å². The van der Waals surface area contributed by atoms with E-state index in [0.29, 0.717) is 17.0 Å². The van der Waals surface area contributed by atoms with E-state index in [0.717, 1.165) is 0 Å². The molecule has 2 aromatic carbocycles. The highest BCUT2D eigenvalue weighted by molar-refractivity contribution is 6.04. The van der Waals surface area contributed by atoms with E-state index in [1.54, 1.807) is 43.3 Å². The van der Waals surface area contributed by atoms with Crippen LogP contribution in [0.4, 0.5) is 5.69 Å². The Bertz CT molecular complexity index is 620. The second kappa shape index (κ2) is 6.70. The first-order valence-electron chi connectivity index (χ1n) is 6.70. The standard InChI is InChI=1S/C17H17NO3/c1-12(19)13(2)21-16-10-8-15(9-11-16)18-17(20)14-6-4-3-5-7-14/h3-11,13H,1-2H3,(H,18,20)/t13-/m1/s1. The van der Waals surface area contributed by atoms with Gasteiger partial charge >= 0.3 is 0 Å². The summed E-state index contributed by atoms with van der Waals surface area (Å²) in [5, 5.41) is 2.80. The van der Waals surface area contributed by atoms with Crippen LogP contribution >= 0.6 is 0 Å². The predicted molar refractivity (Wildman–Crippen MR) is 81.6 cm³/mol. The summed E-state index contributed by atoms with van der Waals surface area (Å²) in [6, 6.07) is 15.9. The lowest BCUT2D eigenvalue weighted by molar-refractivity contribution is -0.122. The second-order valence-corrected chi connectivity index (χ2v) is 4.72. The highest BCUT2D eigenvalue weighted by Crippen LogP contribution is 2.17. The molecule has 1 amide bonds. The zero-order valence-electron chi connectivity index (χ0n) is 12.0. The molecular formula is C17H17NO3. The molecule has 0 spiro atoms. The Balaban J connectivity index is 2.00. The van der Waals surface area contributed by atoms with Gasteiger partial charge in [0.15, 0.2) is 11.9 Å². The minimum absolute atomic E-state index is 0.0311. The van der Waals surface area contributed by atoms with Crippen molar-refractivity contribution in [2.75, 3.05) is 5.32 Å². The van der Waals surface area contributed by atoms with Crippen molar-refractivity contribution in [2.45, 2.75) is 20.0 Å². The van der Waals surface area contributed by atoms with Crippen LogP contribution in [0, 0.1) is 0 Å². The molecule has 0 bridgehead atoms. The van der Waals surface area contributed by atoms with Crippen LogP contribution in [0.3, 0.4) is 0 Å². The average Bonchev–Trinajstić information content (AvgIpc) is 2.50. The van der Waals surface area contributed by atoms with Crippen LogP contribution in [0.15, 0.2) is 54.6 Å². The van der Waals surface area contributed by atoms with E-state index in [-0.39, 0.29) is 11.7 Å². The molecule has 0 unspecified atom stereocenters. The largest absolute Gasteiger partial charge is 0.483 e. The molecule has 4 nitrogen and oxygen atoms in total. The number of hydrogen-bond donors (Lipinski definition) is 1. The van der Waals surface area contributed by atoms with Gasteiger partial charge in [-0.1, -0.05) is 18.2 Å². The number of benzene rings is 2. The third-order valence-electron chi connectivity index (χ3n) is 3.03. The van der Waals surface area contributed by atoms with Crippen molar-refractivity contribution in [2.24, 2.45) is 0 Å². The fourth-order valence-corrected chi connectivity index (χ4v) is 1.70. The highest BCUT2D eigenvalue weighted by atomic mass is 16.5. The fraction of sp³-hybridized carbons (Fsp3) is 0.176. The number of nitrogens with one attached hydrogen (secondary N) is 1. The van der Waals surface area contributed by atoms with Crippen LogP contribution in [0.1, 0.15) is 24.2 Å². The van der Waals surface area contributed by atoms with Gasteiger partial charge in [0.1, 0.15) is 5.75 Å². The molecule has 0 fully saturated rings. The molecule has 0 heterocycles. The third-order valence-corrected chi connectivity index (χ3v) is 3.03. The molecule has 0 aromatic heterocycles. The van der Waals surface area contributed by atoms with Crippen molar-refractivity contribution >= 4 is 17.4 Å². The fourth-order valence-electron chi connectivity index (χ4n) is 1.70. The predicted octanol–water partition coefficient (Wildman–Crippen LogP) is 3.30. The average molecular weight is 283 g/mol. The van der Waals surface area contributed by atoms with Gasteiger partial charge in [-0.2, -0.15) is 0 Å². The zero-order chi connectivity index (χ0) is 15.2. The van der Waals surface area contributed by atoms with E-state index in [4.69, 9.17) is 4.74 Å². The van der Waals surface area contributed by atoms with Crippen LogP contribution in [0.2, 0.25) is 0 Å². The minimum Gasteiger partial charge on any atom is -0.483 e. The molecule has 2 aromatic rings. The minimum atomic E-state index is -0.477. The summed E-state index contributed by atoms with van der Waals surface area (Å²) in [5.41, 5.74) is 1.27. The quantitative estimate of drug-likeness (QED) is 0.916. The number of carbonyl (C=O) groups excluding carboxylic acids is 2. The summed E-state index contributed by atoms with van der Waals surface area (Å²) in [5.74, 6) is 0.397. The highest BCUT2D eigenvalue weighted by Gasteiger charge is 2.09. The molecule has 0 saturated carbocycles. The Morgan fingerprint density at radius 2 is 1.62 bits per heavy atom. The lowest BCUT2D eigenvalue weighted by Crippen LogP contribution is -2.20. The van der Waals surface area contributed by atoms with E-state index in [1.165, 1.54) is 6.92 Å². The number of amides is 1. The van der Waals surface area contributed by atoms with E-state index in [1.807, 2.05) is 18.2 Å². The normalized spacial score (nSPS) is 11.5. The SMILES string of the molecule is CC(=O)[C@@H](C)Oc1ccc(NC(=O)c2ccccc2)cc1. The Morgan fingerprint density at radius 1 is 1.00 bits per heavy atom. The van der Waals surface area contributed by atoms with Gasteiger partial charge in [0.2, 0.25) is 0 Å². The smallest absolute Gasteiger partial charge is 0.255 e. The molecule has 4 heteroatoms. The molecule has 2 rings (SSSR count). The van der Waals surface area contributed by atoms with E-state index in [2.05, 4.69) is 5.32 Å². The maximum atomic E-state index is 12.0. The van der Waals surface area contributed by atoms with E-state index in [9.17, 15) is 9.59 Å². The third kappa shape index (κ3) is 4.18. The van der Waals surface area contributed by atoms with Gasteiger partial charge in [-0.05, 0) is 50.2 Å². The molecule has 0 radical (unpaired) electrons. The molecule has 1 N–H and O–H groups in total. The van der Waals surface area contributed by atoms with E-state index >= 15 is 0 Å². The lowest BCUT2D eigenvalue weighted by Gasteiger charge is -2.12. The maximum absolute atomic E-state index is 12.0. The first-order valence-corrected chi connectivity index (χ1v) is 6.70. The van der Waals surface area contributed by atoms with Gasteiger partial charge in [-0.15, -0.1) is 0 Å². The van der Waals surface area contributed by atoms with Gasteiger partial charge in [0.05, 0.1) is 0 Å². The van der Waals surface area contributed by atoms with Gasteiger partial charge in [-0.3, -0.25) is 9.59 Å². The molecule has 0 aliphatic carbocycles. The van der Waals surface area contributed by atoms with Gasteiger partial charge in [-0.25, -0.2) is 0 Å². The number of carbonyl (C=O) groups is 2. The Morgan fingerprint density at radius 3 is 2.19 bits per heavy atom. The van der Waals surface area contributed by atoms with Crippen molar-refractivity contribution in [3.8, 4) is 5.75 Å². The summed E-state index contributed by atoms with van der Waals surface area (Å²) in [6.07, 6.45) is -0.477. The van der Waals surface area contributed by atoms with Crippen molar-refractivity contribution in [1.29, 1.82) is 0 Å². The topological polar surface area (TPSA) is 55.4 Å². The molecule has 21 heavy (non-hydrogen) atoms. The number of ether oxygens (including phenoxy) is 1. The molecule has 0 saturated heterocycles. The number of rotatable bonds is 5. The Kier molecular flexibility index (Phi) is 4.72. The van der Waals surface area contributed by atoms with Crippen LogP contribution in [0.5, 0.6) is 5.75 Å². The summed E-state index contributed by atoms with van der Waals surface area (Å²) >= 11 is 0. The molecule has 108 valence electrons. The number of hydrogen-bond acceptors (Lipinski definition) is 3. The Labute approximate surface area is 123 Å². The second-order valence-electron chi connectivity index (χ2n) is 4.72. The van der Waals surface area contributed by atoms with Crippen molar-refractivity contribution in [1.82, 2.24) is 0 Å². The summed E-state index contributed by atoms with van der Waals surface area (Å²) in [6.45, 7) is 3.19. The summed E-state index contributed by atoms with van der Waals surface area (Å²) in [7, 11) is 0. The van der Waals surface area contributed by atoms with Crippen LogP contribution < -0.4 is 10.1 Å². The van der Waals surface area contributed by atoms with E-state index < -0.39 is 6.10 Å². The number of anilines is 1. The summed E-state index contributed by atoms with van der Waals surface area (Å²) < 4.78 is 5.46. The molecular weight excluding hydrogens is 266 g/mol. The lowest BCUT2D eigenvalue weighted by atomic mass is 10.2. The van der Waals surface area contributed by atoms with Crippen molar-refractivity contribution in [3.05, 3.63) is 60.2 Å². The first-order chi connectivity index (χ1) is 10.1. The van der Waals surface area contributed by atoms with Gasteiger partial charge in [0, 0.05) is 11.3 Å².